The van der Waals surface area contributed by atoms with Crippen molar-refractivity contribution in [3.63, 3.8) is 0 Å². The van der Waals surface area contributed by atoms with Crippen molar-refractivity contribution in [1.29, 1.82) is 0 Å². The minimum absolute atomic E-state index is 0.0420. The second kappa shape index (κ2) is 12.0. The predicted octanol–water partition coefficient (Wildman–Crippen LogP) is 5.56. The number of hydrogen-bond acceptors (Lipinski definition) is 4. The Balaban J connectivity index is 1.18. The Morgan fingerprint density at radius 2 is 1.58 bits per heavy atom. The molecule has 188 valence electrons. The van der Waals surface area contributed by atoms with Gasteiger partial charge in [0.15, 0.2) is 5.78 Å². The van der Waals surface area contributed by atoms with Gasteiger partial charge in [0.25, 0.3) is 5.91 Å². The average Bonchev–Trinajstić information content (AvgIpc) is 2.92. The van der Waals surface area contributed by atoms with E-state index in [9.17, 15) is 9.59 Å². The molecule has 5 heteroatoms. The minimum Gasteiger partial charge on any atom is -0.497 e. The summed E-state index contributed by atoms with van der Waals surface area (Å²) in [6, 6.07) is 22.1. The number of benzene rings is 3. The number of fused-ring (bicyclic) bond motifs is 1. The summed E-state index contributed by atoms with van der Waals surface area (Å²) in [6.07, 6.45) is 5.37. The summed E-state index contributed by atoms with van der Waals surface area (Å²) in [4.78, 5) is 26.5. The molecule has 1 aliphatic rings. The van der Waals surface area contributed by atoms with Crippen molar-refractivity contribution in [3.05, 3.63) is 89.0 Å². The van der Waals surface area contributed by atoms with E-state index in [1.54, 1.807) is 14.0 Å². The van der Waals surface area contributed by atoms with E-state index in [4.69, 9.17) is 4.74 Å². The molecule has 3 aromatic rings. The van der Waals surface area contributed by atoms with Crippen LogP contribution in [0.4, 0.5) is 0 Å². The van der Waals surface area contributed by atoms with E-state index in [2.05, 4.69) is 35.5 Å². The van der Waals surface area contributed by atoms with Crippen LogP contribution in [-0.4, -0.2) is 49.9 Å². The van der Waals surface area contributed by atoms with Gasteiger partial charge in [-0.3, -0.25) is 9.59 Å². The molecule has 36 heavy (non-hydrogen) atoms. The van der Waals surface area contributed by atoms with Gasteiger partial charge in [0.05, 0.1) is 7.11 Å². The summed E-state index contributed by atoms with van der Waals surface area (Å²) in [5.41, 5.74) is 6.26. The number of ketones is 1. The molecule has 1 amide bonds. The zero-order chi connectivity index (χ0) is 25.5. The topological polar surface area (TPSA) is 58.6 Å². The first-order valence-corrected chi connectivity index (χ1v) is 12.8. The van der Waals surface area contributed by atoms with E-state index >= 15 is 0 Å². The Labute approximate surface area is 214 Å². The lowest BCUT2D eigenvalue weighted by atomic mass is 9.87. The number of ether oxygens (including phenoxy) is 1. The van der Waals surface area contributed by atoms with Crippen molar-refractivity contribution >= 4 is 11.7 Å². The number of methoxy groups -OCH3 is 1. The molecule has 0 unspecified atom stereocenters. The molecule has 0 saturated carbocycles. The third-order valence-electron chi connectivity index (χ3n) is 7.23. The van der Waals surface area contributed by atoms with Crippen molar-refractivity contribution in [2.75, 3.05) is 27.2 Å². The molecular weight excluding hydrogens is 448 g/mol. The fourth-order valence-corrected chi connectivity index (χ4v) is 4.90. The molecule has 1 N–H and O–H groups in total. The standard InChI is InChI=1S/C31H36N2O3/c1-22(34)23-6-8-24(9-7-23)25-10-12-27(13-11-25)31(35)32-18-4-5-19-33(2)29-16-14-26-15-17-30(36-3)21-28(26)20-29/h6-13,15,17,21,29H,4-5,14,16,18-20H2,1-3H3,(H,32,35)/t29-/m1/s1. The second-order valence-corrected chi connectivity index (χ2v) is 9.69. The molecular formula is C31H36N2O3. The Kier molecular flexibility index (Phi) is 8.55. The Bertz CT molecular complexity index is 1190. The van der Waals surface area contributed by atoms with Crippen LogP contribution in [0.15, 0.2) is 66.7 Å². The fraction of sp³-hybridized carbons (Fsp3) is 0.355. The van der Waals surface area contributed by atoms with E-state index in [0.29, 0.717) is 23.7 Å². The molecule has 0 aliphatic heterocycles. The van der Waals surface area contributed by atoms with Gasteiger partial charge in [0, 0.05) is 23.7 Å². The van der Waals surface area contributed by atoms with Crippen molar-refractivity contribution in [1.82, 2.24) is 10.2 Å². The zero-order valence-electron chi connectivity index (χ0n) is 21.5. The van der Waals surface area contributed by atoms with Crippen LogP contribution in [0.25, 0.3) is 11.1 Å². The summed E-state index contributed by atoms with van der Waals surface area (Å²) in [6.45, 7) is 3.26. The zero-order valence-corrected chi connectivity index (χ0v) is 21.5. The van der Waals surface area contributed by atoms with E-state index in [-0.39, 0.29) is 11.7 Å². The maximum atomic E-state index is 12.6. The lowest BCUT2D eigenvalue weighted by Gasteiger charge is -2.32. The van der Waals surface area contributed by atoms with Crippen LogP contribution in [0.1, 0.15) is 58.0 Å². The summed E-state index contributed by atoms with van der Waals surface area (Å²) in [5.74, 6) is 0.950. The SMILES string of the molecule is COc1ccc2c(c1)C[C@H](N(C)CCCCNC(=O)c1ccc(-c3ccc(C(C)=O)cc3)cc1)CC2. The van der Waals surface area contributed by atoms with Crippen LogP contribution in [0, 0.1) is 0 Å². The number of hydrogen-bond donors (Lipinski definition) is 1. The Morgan fingerprint density at radius 3 is 2.22 bits per heavy atom. The number of carbonyl (C=O) groups excluding carboxylic acids is 2. The van der Waals surface area contributed by atoms with Gasteiger partial charge in [-0.25, -0.2) is 0 Å². The summed E-state index contributed by atoms with van der Waals surface area (Å²) in [5, 5.41) is 3.05. The van der Waals surface area contributed by atoms with Gasteiger partial charge < -0.3 is 15.0 Å². The van der Waals surface area contributed by atoms with Crippen LogP contribution in [0.2, 0.25) is 0 Å². The van der Waals surface area contributed by atoms with Gasteiger partial charge in [-0.1, -0.05) is 42.5 Å². The van der Waals surface area contributed by atoms with E-state index in [0.717, 1.165) is 49.1 Å². The maximum absolute atomic E-state index is 12.6. The highest BCUT2D eigenvalue weighted by Gasteiger charge is 2.22. The molecule has 0 bridgehead atoms. The van der Waals surface area contributed by atoms with Gasteiger partial charge in [-0.2, -0.15) is 0 Å². The van der Waals surface area contributed by atoms with Crippen LogP contribution < -0.4 is 10.1 Å². The van der Waals surface area contributed by atoms with Gasteiger partial charge in [-0.05, 0) is 99.1 Å². The molecule has 5 nitrogen and oxygen atoms in total. The molecule has 3 aromatic carbocycles. The summed E-state index contributed by atoms with van der Waals surface area (Å²) >= 11 is 0. The third kappa shape index (κ3) is 6.41. The molecule has 0 aromatic heterocycles. The predicted molar refractivity (Wildman–Crippen MR) is 145 cm³/mol. The normalized spacial score (nSPS) is 14.8. The number of nitrogens with zero attached hydrogens (tertiary/aromatic N) is 1. The number of amides is 1. The van der Waals surface area contributed by atoms with Crippen molar-refractivity contribution in [2.45, 2.75) is 45.1 Å². The summed E-state index contributed by atoms with van der Waals surface area (Å²) in [7, 11) is 3.93. The molecule has 1 atom stereocenters. The first-order chi connectivity index (χ1) is 17.4. The van der Waals surface area contributed by atoms with E-state index in [1.165, 1.54) is 17.5 Å². The quantitative estimate of drug-likeness (QED) is 0.302. The van der Waals surface area contributed by atoms with Crippen molar-refractivity contribution < 1.29 is 14.3 Å². The average molecular weight is 485 g/mol. The monoisotopic (exact) mass is 484 g/mol. The van der Waals surface area contributed by atoms with Crippen molar-refractivity contribution in [2.24, 2.45) is 0 Å². The van der Waals surface area contributed by atoms with Crippen LogP contribution in [0.3, 0.4) is 0 Å². The molecule has 0 saturated heterocycles. The minimum atomic E-state index is -0.0420. The number of unbranched alkanes of at least 4 members (excludes halogenated alkanes) is 1. The highest BCUT2D eigenvalue weighted by molar-refractivity contribution is 5.95. The third-order valence-corrected chi connectivity index (χ3v) is 7.23. The highest BCUT2D eigenvalue weighted by atomic mass is 16.5. The van der Waals surface area contributed by atoms with Crippen LogP contribution >= 0.6 is 0 Å². The van der Waals surface area contributed by atoms with Crippen LogP contribution in [-0.2, 0) is 12.8 Å². The molecule has 0 heterocycles. The van der Waals surface area contributed by atoms with Gasteiger partial charge in [0.1, 0.15) is 5.75 Å². The number of aryl methyl sites for hydroxylation is 1. The Morgan fingerprint density at radius 1 is 0.917 bits per heavy atom. The van der Waals surface area contributed by atoms with E-state index in [1.807, 2.05) is 48.5 Å². The second-order valence-electron chi connectivity index (χ2n) is 9.69. The molecule has 0 fully saturated rings. The first-order valence-electron chi connectivity index (χ1n) is 12.8. The molecule has 0 radical (unpaired) electrons. The van der Waals surface area contributed by atoms with Gasteiger partial charge >= 0.3 is 0 Å². The van der Waals surface area contributed by atoms with Crippen LogP contribution in [0.5, 0.6) is 5.75 Å². The lowest BCUT2D eigenvalue weighted by molar-refractivity contribution is 0.0951. The molecule has 1 aliphatic carbocycles. The maximum Gasteiger partial charge on any atom is 0.251 e. The number of rotatable bonds is 10. The number of nitrogens with one attached hydrogen (secondary N) is 1. The number of Topliss-reactive ketones (excluding diaryl/α,β-unsaturated/α-hetero) is 1. The van der Waals surface area contributed by atoms with Gasteiger partial charge in [0.2, 0.25) is 0 Å². The first kappa shape index (κ1) is 25.6. The van der Waals surface area contributed by atoms with Crippen molar-refractivity contribution in [3.8, 4) is 16.9 Å². The fourth-order valence-electron chi connectivity index (χ4n) is 4.90. The molecule has 0 spiro atoms. The number of likely N-dealkylation sites (N-methyl/N-ethyl adjacent to an activating group) is 1. The van der Waals surface area contributed by atoms with E-state index < -0.39 is 0 Å². The largest absolute Gasteiger partial charge is 0.497 e. The Hall–Kier alpha value is -3.44. The lowest BCUT2D eigenvalue weighted by Crippen LogP contribution is -2.37. The smallest absolute Gasteiger partial charge is 0.251 e. The summed E-state index contributed by atoms with van der Waals surface area (Å²) < 4.78 is 5.40. The van der Waals surface area contributed by atoms with Gasteiger partial charge in [-0.15, -0.1) is 0 Å². The number of carbonyl (C=O) groups is 2. The highest BCUT2D eigenvalue weighted by Crippen LogP contribution is 2.27. The molecule has 4 rings (SSSR count).